The first kappa shape index (κ1) is 12.3. The fourth-order valence-corrected chi connectivity index (χ4v) is 1.73. The van der Waals surface area contributed by atoms with Gasteiger partial charge in [0, 0.05) is 18.1 Å². The van der Waals surface area contributed by atoms with E-state index in [1.807, 2.05) is 26.0 Å². The number of carbonyl (C=O) groups excluding carboxylic acids is 1. The van der Waals surface area contributed by atoms with E-state index in [0.29, 0.717) is 5.69 Å². The number of amides is 1. The molecule has 0 saturated carbocycles. The molecule has 0 aliphatic carbocycles. The predicted molar refractivity (Wildman–Crippen MR) is 68.1 cm³/mol. The van der Waals surface area contributed by atoms with Gasteiger partial charge in [-0.05, 0) is 25.5 Å². The maximum Gasteiger partial charge on any atom is 0.270 e. The Kier molecular flexibility index (Phi) is 3.72. The van der Waals surface area contributed by atoms with Crippen molar-refractivity contribution in [3.05, 3.63) is 47.8 Å². The maximum atomic E-state index is 12.0. The zero-order valence-electron chi connectivity index (χ0n) is 10.5. The number of nitrogens with zero attached hydrogens (tertiary/aromatic N) is 2. The van der Waals surface area contributed by atoms with Crippen molar-refractivity contribution in [2.75, 3.05) is 0 Å². The molecule has 18 heavy (non-hydrogen) atoms. The summed E-state index contributed by atoms with van der Waals surface area (Å²) in [4.78, 5) is 23.4. The topological polar surface area (TPSA) is 70.7 Å². The molecule has 2 N–H and O–H groups in total. The van der Waals surface area contributed by atoms with Gasteiger partial charge in [-0.15, -0.1) is 0 Å². The van der Waals surface area contributed by atoms with Crippen molar-refractivity contribution in [2.45, 2.75) is 26.3 Å². The summed E-state index contributed by atoms with van der Waals surface area (Å²) in [5.41, 5.74) is 1.26. The van der Waals surface area contributed by atoms with Crippen LogP contribution in [-0.2, 0) is 0 Å². The molecule has 1 unspecified atom stereocenters. The van der Waals surface area contributed by atoms with E-state index in [1.54, 1.807) is 18.5 Å². The molecule has 0 aliphatic rings. The van der Waals surface area contributed by atoms with Gasteiger partial charge in [-0.2, -0.15) is 0 Å². The van der Waals surface area contributed by atoms with E-state index in [4.69, 9.17) is 0 Å². The fraction of sp³-hybridized carbons (Fsp3) is 0.308. The average Bonchev–Trinajstić information content (AvgIpc) is 2.89. The van der Waals surface area contributed by atoms with Crippen LogP contribution in [0.1, 0.15) is 41.4 Å². The quantitative estimate of drug-likeness (QED) is 0.864. The number of aromatic nitrogens is 3. The zero-order valence-corrected chi connectivity index (χ0v) is 10.5. The number of H-pyrrole nitrogens is 1. The van der Waals surface area contributed by atoms with Crippen LogP contribution in [0.3, 0.4) is 0 Å². The first-order valence-corrected chi connectivity index (χ1v) is 5.94. The van der Waals surface area contributed by atoms with Crippen molar-refractivity contribution in [3.63, 3.8) is 0 Å². The highest BCUT2D eigenvalue weighted by Gasteiger charge is 2.16. The van der Waals surface area contributed by atoms with E-state index in [-0.39, 0.29) is 11.9 Å². The van der Waals surface area contributed by atoms with Crippen molar-refractivity contribution in [1.82, 2.24) is 20.3 Å². The number of carbonyl (C=O) groups is 1. The molecule has 0 spiro atoms. The number of nitrogens with one attached hydrogen (secondary N) is 2. The van der Waals surface area contributed by atoms with E-state index >= 15 is 0 Å². The lowest BCUT2D eigenvalue weighted by atomic mass is 10.2. The molecule has 2 heterocycles. The fourth-order valence-electron chi connectivity index (χ4n) is 1.73. The normalized spacial score (nSPS) is 12.1. The lowest BCUT2D eigenvalue weighted by Crippen LogP contribution is -2.29. The van der Waals surface area contributed by atoms with Gasteiger partial charge in [0.15, 0.2) is 0 Å². The minimum atomic E-state index is -0.179. The minimum absolute atomic E-state index is 0.116. The third kappa shape index (κ3) is 2.74. The van der Waals surface area contributed by atoms with Crippen LogP contribution in [0.25, 0.3) is 0 Å². The highest BCUT2D eigenvalue weighted by atomic mass is 16.1. The van der Waals surface area contributed by atoms with Crippen LogP contribution in [0.4, 0.5) is 0 Å². The van der Waals surface area contributed by atoms with E-state index in [0.717, 1.165) is 17.9 Å². The van der Waals surface area contributed by atoms with Gasteiger partial charge in [-0.1, -0.05) is 13.0 Å². The van der Waals surface area contributed by atoms with Gasteiger partial charge in [0.1, 0.15) is 11.5 Å². The second kappa shape index (κ2) is 5.44. The number of rotatable bonds is 4. The predicted octanol–water partition coefficient (Wildman–Crippen LogP) is 1.99. The number of hydrogen-bond donors (Lipinski definition) is 2. The summed E-state index contributed by atoms with van der Waals surface area (Å²) in [5.74, 6) is 0.584. The minimum Gasteiger partial charge on any atom is -0.347 e. The molecule has 0 saturated heterocycles. The van der Waals surface area contributed by atoms with Crippen molar-refractivity contribution >= 4 is 5.91 Å². The summed E-state index contributed by atoms with van der Waals surface area (Å²) in [6.07, 6.45) is 4.19. The van der Waals surface area contributed by atoms with E-state index < -0.39 is 0 Å². The summed E-state index contributed by atoms with van der Waals surface area (Å²) in [6.45, 7) is 3.86. The van der Waals surface area contributed by atoms with Crippen molar-refractivity contribution in [3.8, 4) is 0 Å². The van der Waals surface area contributed by atoms with Gasteiger partial charge < -0.3 is 10.3 Å². The highest BCUT2D eigenvalue weighted by Crippen LogP contribution is 2.12. The Balaban J connectivity index is 2.11. The molecular weight excluding hydrogens is 228 g/mol. The van der Waals surface area contributed by atoms with Crippen LogP contribution in [0.5, 0.6) is 0 Å². The molecule has 0 radical (unpaired) electrons. The molecule has 0 aliphatic heterocycles. The molecule has 2 aromatic heterocycles. The summed E-state index contributed by atoms with van der Waals surface area (Å²) < 4.78 is 0. The van der Waals surface area contributed by atoms with Crippen LogP contribution in [0.15, 0.2) is 30.6 Å². The Labute approximate surface area is 106 Å². The summed E-state index contributed by atoms with van der Waals surface area (Å²) in [7, 11) is 0. The second-order valence-electron chi connectivity index (χ2n) is 4.07. The zero-order chi connectivity index (χ0) is 13.0. The molecular formula is C13H16N4O. The highest BCUT2D eigenvalue weighted by molar-refractivity contribution is 5.92. The van der Waals surface area contributed by atoms with Crippen molar-refractivity contribution < 1.29 is 4.79 Å². The molecule has 0 bridgehead atoms. The molecule has 94 valence electrons. The largest absolute Gasteiger partial charge is 0.347 e. The van der Waals surface area contributed by atoms with Gasteiger partial charge in [0.25, 0.3) is 5.91 Å². The summed E-state index contributed by atoms with van der Waals surface area (Å²) in [5, 5.41) is 2.92. The van der Waals surface area contributed by atoms with E-state index in [2.05, 4.69) is 20.3 Å². The lowest BCUT2D eigenvalue weighted by Gasteiger charge is -2.14. The number of aryl methyl sites for hydroxylation is 1. The van der Waals surface area contributed by atoms with Crippen LogP contribution in [0, 0.1) is 6.92 Å². The molecule has 1 atom stereocenters. The Morgan fingerprint density at radius 2 is 2.33 bits per heavy atom. The van der Waals surface area contributed by atoms with Crippen molar-refractivity contribution in [1.29, 1.82) is 0 Å². The van der Waals surface area contributed by atoms with Gasteiger partial charge in [-0.3, -0.25) is 4.79 Å². The third-order valence-electron chi connectivity index (χ3n) is 2.68. The smallest absolute Gasteiger partial charge is 0.270 e. The molecule has 0 aromatic carbocycles. The van der Waals surface area contributed by atoms with Gasteiger partial charge in [0.2, 0.25) is 0 Å². The molecule has 2 aromatic rings. The van der Waals surface area contributed by atoms with E-state index in [1.165, 1.54) is 0 Å². The van der Waals surface area contributed by atoms with Gasteiger partial charge in [0.05, 0.1) is 6.04 Å². The first-order chi connectivity index (χ1) is 8.70. The lowest BCUT2D eigenvalue weighted by molar-refractivity contribution is 0.0928. The molecule has 5 heteroatoms. The Morgan fingerprint density at radius 1 is 1.50 bits per heavy atom. The monoisotopic (exact) mass is 244 g/mol. The molecule has 1 amide bonds. The number of aromatic amines is 1. The summed E-state index contributed by atoms with van der Waals surface area (Å²) >= 11 is 0. The maximum absolute atomic E-state index is 12.0. The van der Waals surface area contributed by atoms with Gasteiger partial charge in [-0.25, -0.2) is 9.97 Å². The van der Waals surface area contributed by atoms with Crippen LogP contribution >= 0.6 is 0 Å². The average molecular weight is 244 g/mol. The number of pyridine rings is 1. The summed E-state index contributed by atoms with van der Waals surface area (Å²) in [6, 6.07) is 5.28. The second-order valence-corrected chi connectivity index (χ2v) is 4.07. The molecule has 2 rings (SSSR count). The molecule has 0 fully saturated rings. The number of hydrogen-bond acceptors (Lipinski definition) is 3. The van der Waals surface area contributed by atoms with Crippen LogP contribution in [0.2, 0.25) is 0 Å². The standard InChI is InChI=1S/C13H16N4O/c1-3-10(12-14-7-8-15-12)17-13(18)11-6-4-5-9(2)16-11/h4-8,10H,3H2,1-2H3,(H,14,15)(H,17,18). The Bertz CT molecular complexity index is 522. The first-order valence-electron chi connectivity index (χ1n) is 5.94. The van der Waals surface area contributed by atoms with Gasteiger partial charge >= 0.3 is 0 Å². The Hall–Kier alpha value is -2.17. The Morgan fingerprint density at radius 3 is 2.94 bits per heavy atom. The molecule has 5 nitrogen and oxygen atoms in total. The third-order valence-corrected chi connectivity index (χ3v) is 2.68. The number of imidazole rings is 1. The van der Waals surface area contributed by atoms with Crippen molar-refractivity contribution in [2.24, 2.45) is 0 Å². The van der Waals surface area contributed by atoms with Crippen LogP contribution in [-0.4, -0.2) is 20.9 Å². The van der Waals surface area contributed by atoms with Crippen LogP contribution < -0.4 is 5.32 Å². The van der Waals surface area contributed by atoms with E-state index in [9.17, 15) is 4.79 Å². The SMILES string of the molecule is CCC(NC(=O)c1cccc(C)n1)c1ncc[nH]1.